The zero-order valence-electron chi connectivity index (χ0n) is 13.0. The molecule has 0 spiro atoms. The minimum Gasteiger partial charge on any atom is -0.387 e. The van der Waals surface area contributed by atoms with Gasteiger partial charge in [0.05, 0.1) is 6.10 Å². The summed E-state index contributed by atoms with van der Waals surface area (Å²) < 4.78 is 0. The van der Waals surface area contributed by atoms with Crippen molar-refractivity contribution in [1.82, 2.24) is 5.32 Å². The second-order valence-corrected chi connectivity index (χ2v) is 5.56. The molecule has 2 N–H and O–H groups in total. The number of unbranched alkanes of at least 4 members (excludes halogenated alkanes) is 3. The van der Waals surface area contributed by atoms with Crippen molar-refractivity contribution in [3.63, 3.8) is 0 Å². The molecule has 3 unspecified atom stereocenters. The Kier molecular flexibility index (Phi) is 10.8. The summed E-state index contributed by atoms with van der Waals surface area (Å²) in [6.45, 7) is 6.50. The second kappa shape index (κ2) is 11.1. The molecule has 1 aromatic carbocycles. The molecule has 0 heterocycles. The van der Waals surface area contributed by atoms with Crippen LogP contribution < -0.4 is 5.32 Å². The maximum atomic E-state index is 10.3. The topological polar surface area (TPSA) is 32.3 Å². The lowest BCUT2D eigenvalue weighted by Crippen LogP contribution is -2.38. The summed E-state index contributed by atoms with van der Waals surface area (Å²) in [6, 6.07) is 10.4. The number of rotatable bonds is 9. The monoisotopic (exact) mass is 299 g/mol. The lowest BCUT2D eigenvalue weighted by Gasteiger charge is -2.24. The SMILES string of the molecule is CCCCCCC(C)NC(C)C(O)c1ccccc1.Cl. The summed E-state index contributed by atoms with van der Waals surface area (Å²) in [4.78, 5) is 0. The van der Waals surface area contributed by atoms with E-state index >= 15 is 0 Å². The third-order valence-electron chi connectivity index (χ3n) is 3.65. The van der Waals surface area contributed by atoms with Gasteiger partial charge in [-0.1, -0.05) is 62.9 Å². The molecule has 1 aromatic rings. The first-order chi connectivity index (χ1) is 9.15. The van der Waals surface area contributed by atoms with Crippen molar-refractivity contribution >= 4 is 12.4 Å². The van der Waals surface area contributed by atoms with Crippen LogP contribution in [0.3, 0.4) is 0 Å². The molecule has 0 saturated heterocycles. The molecule has 0 aliphatic rings. The standard InChI is InChI=1S/C17H29NO.ClH/c1-4-5-6-8-11-14(2)18-15(3)17(19)16-12-9-7-10-13-16;/h7,9-10,12-15,17-19H,4-6,8,11H2,1-3H3;1H. The van der Waals surface area contributed by atoms with E-state index in [2.05, 4.69) is 26.1 Å². The molecule has 3 heteroatoms. The third-order valence-corrected chi connectivity index (χ3v) is 3.65. The van der Waals surface area contributed by atoms with Crippen molar-refractivity contribution < 1.29 is 5.11 Å². The maximum absolute atomic E-state index is 10.3. The van der Waals surface area contributed by atoms with E-state index in [1.165, 1.54) is 32.1 Å². The highest BCUT2D eigenvalue weighted by molar-refractivity contribution is 5.85. The van der Waals surface area contributed by atoms with Gasteiger partial charge in [-0.05, 0) is 25.8 Å². The minimum atomic E-state index is -0.431. The van der Waals surface area contributed by atoms with Gasteiger partial charge in [-0.15, -0.1) is 12.4 Å². The molecule has 0 amide bonds. The van der Waals surface area contributed by atoms with E-state index in [-0.39, 0.29) is 18.4 Å². The average Bonchev–Trinajstić information content (AvgIpc) is 2.43. The van der Waals surface area contributed by atoms with Crippen molar-refractivity contribution in [2.75, 3.05) is 0 Å². The van der Waals surface area contributed by atoms with Gasteiger partial charge in [0, 0.05) is 12.1 Å². The second-order valence-electron chi connectivity index (χ2n) is 5.56. The quantitative estimate of drug-likeness (QED) is 0.659. The highest BCUT2D eigenvalue weighted by Gasteiger charge is 2.17. The Bertz CT molecular complexity index is 331. The number of benzene rings is 1. The number of hydrogen-bond acceptors (Lipinski definition) is 2. The van der Waals surface area contributed by atoms with Gasteiger partial charge >= 0.3 is 0 Å². The predicted molar refractivity (Wildman–Crippen MR) is 89.5 cm³/mol. The number of aliphatic hydroxyl groups excluding tert-OH is 1. The van der Waals surface area contributed by atoms with E-state index in [4.69, 9.17) is 0 Å². The van der Waals surface area contributed by atoms with Crippen molar-refractivity contribution in [2.45, 2.75) is 71.1 Å². The minimum absolute atomic E-state index is 0. The first-order valence-corrected chi connectivity index (χ1v) is 7.64. The smallest absolute Gasteiger partial charge is 0.0940 e. The molecule has 2 nitrogen and oxygen atoms in total. The van der Waals surface area contributed by atoms with Crippen LogP contribution in [0.4, 0.5) is 0 Å². The van der Waals surface area contributed by atoms with Crippen molar-refractivity contribution in [3.8, 4) is 0 Å². The van der Waals surface area contributed by atoms with Crippen LogP contribution in [0.5, 0.6) is 0 Å². The van der Waals surface area contributed by atoms with E-state index in [1.807, 2.05) is 30.3 Å². The van der Waals surface area contributed by atoms with Crippen LogP contribution in [0.15, 0.2) is 30.3 Å². The Morgan fingerprint density at radius 2 is 1.70 bits per heavy atom. The average molecular weight is 300 g/mol. The van der Waals surface area contributed by atoms with Gasteiger partial charge in [-0.3, -0.25) is 0 Å². The summed E-state index contributed by atoms with van der Waals surface area (Å²) in [5.41, 5.74) is 0.987. The summed E-state index contributed by atoms with van der Waals surface area (Å²) in [6.07, 6.45) is 5.96. The zero-order chi connectivity index (χ0) is 14.1. The molecule has 0 aliphatic heterocycles. The molecule has 3 atom stereocenters. The highest BCUT2D eigenvalue weighted by atomic mass is 35.5. The number of nitrogens with one attached hydrogen (secondary N) is 1. The van der Waals surface area contributed by atoms with E-state index in [0.29, 0.717) is 6.04 Å². The third kappa shape index (κ3) is 7.28. The normalized spacial score (nSPS) is 15.2. The Morgan fingerprint density at radius 3 is 2.30 bits per heavy atom. The van der Waals surface area contributed by atoms with Crippen molar-refractivity contribution in [3.05, 3.63) is 35.9 Å². The van der Waals surface area contributed by atoms with Crippen LogP contribution in [-0.2, 0) is 0 Å². The predicted octanol–water partition coefficient (Wildman–Crippen LogP) is 4.48. The van der Waals surface area contributed by atoms with Crippen LogP contribution in [-0.4, -0.2) is 17.2 Å². The lowest BCUT2D eigenvalue weighted by atomic mass is 10.0. The van der Waals surface area contributed by atoms with Crippen LogP contribution in [0.25, 0.3) is 0 Å². The molecule has 0 radical (unpaired) electrons. The fraction of sp³-hybridized carbons (Fsp3) is 0.647. The molecule has 1 rings (SSSR count). The van der Waals surface area contributed by atoms with Gasteiger partial charge in [-0.2, -0.15) is 0 Å². The number of aliphatic hydroxyl groups is 1. The molecule has 0 saturated carbocycles. The van der Waals surface area contributed by atoms with Crippen LogP contribution in [0, 0.1) is 0 Å². The van der Waals surface area contributed by atoms with Crippen molar-refractivity contribution in [2.24, 2.45) is 0 Å². The van der Waals surface area contributed by atoms with E-state index < -0.39 is 6.10 Å². The fourth-order valence-electron chi connectivity index (χ4n) is 2.44. The first-order valence-electron chi connectivity index (χ1n) is 7.64. The van der Waals surface area contributed by atoms with Crippen LogP contribution in [0.1, 0.15) is 64.5 Å². The molecular weight excluding hydrogens is 270 g/mol. The lowest BCUT2D eigenvalue weighted by molar-refractivity contribution is 0.129. The number of hydrogen-bond donors (Lipinski definition) is 2. The van der Waals surface area contributed by atoms with E-state index in [1.54, 1.807) is 0 Å². The molecule has 0 fully saturated rings. The molecular formula is C17H30ClNO. The van der Waals surface area contributed by atoms with Gasteiger partial charge in [0.25, 0.3) is 0 Å². The van der Waals surface area contributed by atoms with Gasteiger partial charge in [-0.25, -0.2) is 0 Å². The van der Waals surface area contributed by atoms with Gasteiger partial charge in [0.15, 0.2) is 0 Å². The summed E-state index contributed by atoms with van der Waals surface area (Å²) in [5.74, 6) is 0. The van der Waals surface area contributed by atoms with E-state index in [9.17, 15) is 5.11 Å². The summed E-state index contributed by atoms with van der Waals surface area (Å²) in [5, 5.41) is 13.8. The van der Waals surface area contributed by atoms with Crippen molar-refractivity contribution in [1.29, 1.82) is 0 Å². The van der Waals surface area contributed by atoms with Crippen LogP contribution >= 0.6 is 12.4 Å². The summed E-state index contributed by atoms with van der Waals surface area (Å²) in [7, 11) is 0. The highest BCUT2D eigenvalue weighted by Crippen LogP contribution is 2.17. The maximum Gasteiger partial charge on any atom is 0.0940 e. The fourth-order valence-corrected chi connectivity index (χ4v) is 2.44. The van der Waals surface area contributed by atoms with Crippen LogP contribution in [0.2, 0.25) is 0 Å². The first kappa shape index (κ1) is 19.4. The van der Waals surface area contributed by atoms with Gasteiger partial charge in [0.2, 0.25) is 0 Å². The Balaban J connectivity index is 0.00000361. The molecule has 116 valence electrons. The van der Waals surface area contributed by atoms with Gasteiger partial charge in [0.1, 0.15) is 0 Å². The largest absolute Gasteiger partial charge is 0.387 e. The Hall–Kier alpha value is -0.570. The van der Waals surface area contributed by atoms with E-state index in [0.717, 1.165) is 5.56 Å². The molecule has 20 heavy (non-hydrogen) atoms. The number of halogens is 1. The molecule has 0 aromatic heterocycles. The Labute approximate surface area is 130 Å². The van der Waals surface area contributed by atoms with Gasteiger partial charge < -0.3 is 10.4 Å². The molecule has 0 bridgehead atoms. The Morgan fingerprint density at radius 1 is 1.05 bits per heavy atom. The summed E-state index contributed by atoms with van der Waals surface area (Å²) >= 11 is 0. The molecule has 0 aliphatic carbocycles. The zero-order valence-corrected chi connectivity index (χ0v) is 13.8.